The summed E-state index contributed by atoms with van der Waals surface area (Å²) < 4.78 is 42.5. The fourth-order valence-electron chi connectivity index (χ4n) is 2.61. The Balaban J connectivity index is 2.37. The molecule has 0 aliphatic carbocycles. The highest BCUT2D eigenvalue weighted by atomic mass is 35.5. The summed E-state index contributed by atoms with van der Waals surface area (Å²) in [5.74, 6) is -2.23. The van der Waals surface area contributed by atoms with Crippen molar-refractivity contribution in [3.8, 4) is 0 Å². The summed E-state index contributed by atoms with van der Waals surface area (Å²) in [6.07, 6.45) is -5.06. The van der Waals surface area contributed by atoms with E-state index in [4.69, 9.17) is 27.9 Å². The summed E-state index contributed by atoms with van der Waals surface area (Å²) in [6, 6.07) is 4.65. The van der Waals surface area contributed by atoms with Crippen molar-refractivity contribution in [1.82, 2.24) is 4.90 Å². The van der Waals surface area contributed by atoms with Crippen LogP contribution in [0, 0.1) is 0 Å². The van der Waals surface area contributed by atoms with E-state index in [1.54, 1.807) is 29.0 Å². The van der Waals surface area contributed by atoms with Crippen molar-refractivity contribution < 1.29 is 22.7 Å². The first-order valence-electron chi connectivity index (χ1n) is 6.74. The summed E-state index contributed by atoms with van der Waals surface area (Å²) in [7, 11) is 1.74. The molecule has 0 amide bonds. The second-order valence-electron chi connectivity index (χ2n) is 5.58. The molecule has 0 bridgehead atoms. The minimum Gasteiger partial charge on any atom is -0.431 e. The number of rotatable bonds is 2. The van der Waals surface area contributed by atoms with Crippen LogP contribution in [0.4, 0.5) is 18.9 Å². The maximum atomic E-state index is 12.6. The molecular formula is C14H15Cl2F3N2O2. The van der Waals surface area contributed by atoms with E-state index in [2.05, 4.69) is 0 Å². The molecule has 1 atom stereocenters. The van der Waals surface area contributed by atoms with E-state index in [0.717, 1.165) is 0 Å². The Bertz CT molecular complexity index is 592. The van der Waals surface area contributed by atoms with Crippen LogP contribution in [0.15, 0.2) is 18.2 Å². The Kier molecular flexibility index (Phi) is 5.03. The topological polar surface area (TPSA) is 32.8 Å². The third-order valence-corrected chi connectivity index (χ3v) is 3.98. The predicted molar refractivity (Wildman–Crippen MR) is 81.9 cm³/mol. The van der Waals surface area contributed by atoms with Gasteiger partial charge in [0.2, 0.25) is 0 Å². The van der Waals surface area contributed by atoms with Gasteiger partial charge in [-0.1, -0.05) is 23.2 Å². The van der Waals surface area contributed by atoms with Crippen LogP contribution >= 0.6 is 23.2 Å². The van der Waals surface area contributed by atoms with Crippen molar-refractivity contribution >= 4 is 34.9 Å². The summed E-state index contributed by atoms with van der Waals surface area (Å²) in [4.78, 5) is 14.7. The highest BCUT2D eigenvalue weighted by Crippen LogP contribution is 2.34. The number of carbonyl (C=O) groups excluding carboxylic acids is 1. The highest BCUT2D eigenvalue weighted by Gasteiger charge is 2.48. The van der Waals surface area contributed by atoms with Gasteiger partial charge in [0.1, 0.15) is 0 Å². The van der Waals surface area contributed by atoms with Crippen LogP contribution in [0.25, 0.3) is 0 Å². The smallest absolute Gasteiger partial charge is 0.431 e. The number of alkyl halides is 3. The lowest BCUT2D eigenvalue weighted by Crippen LogP contribution is -2.63. The molecule has 1 aromatic carbocycles. The number of likely N-dealkylation sites (N-methyl/N-ethyl adjacent to an activating group) is 1. The Morgan fingerprint density at radius 1 is 1.22 bits per heavy atom. The normalized spacial score (nSPS) is 23.0. The molecule has 9 heteroatoms. The largest absolute Gasteiger partial charge is 0.491 e. The standard InChI is InChI=1S/C14H15Cl2F3N2O2/c1-13(23-12(22)14(17,18)19)8-20(2)3-4-21(13)11-6-9(15)5-10(16)7-11/h5-7H,3-4,8H2,1-2H3/t13-/m1/s1. The van der Waals surface area contributed by atoms with Gasteiger partial charge in [-0.25, -0.2) is 4.79 Å². The monoisotopic (exact) mass is 370 g/mol. The van der Waals surface area contributed by atoms with Gasteiger partial charge in [-0.05, 0) is 32.2 Å². The van der Waals surface area contributed by atoms with Crippen molar-refractivity contribution in [2.45, 2.75) is 18.8 Å². The number of ether oxygens (including phenoxy) is 1. The van der Waals surface area contributed by atoms with Crippen molar-refractivity contribution in [3.63, 3.8) is 0 Å². The number of hydrogen-bond donors (Lipinski definition) is 0. The third kappa shape index (κ3) is 4.22. The van der Waals surface area contributed by atoms with Gasteiger partial charge in [0, 0.05) is 28.8 Å². The van der Waals surface area contributed by atoms with Crippen LogP contribution in [-0.2, 0) is 9.53 Å². The second kappa shape index (κ2) is 6.37. The lowest BCUT2D eigenvalue weighted by Gasteiger charge is -2.48. The Labute approximate surface area is 141 Å². The zero-order valence-corrected chi connectivity index (χ0v) is 14.0. The lowest BCUT2D eigenvalue weighted by atomic mass is 10.1. The van der Waals surface area contributed by atoms with E-state index in [1.165, 1.54) is 13.0 Å². The Morgan fingerprint density at radius 2 is 1.78 bits per heavy atom. The molecule has 0 N–H and O–H groups in total. The first-order valence-corrected chi connectivity index (χ1v) is 7.49. The van der Waals surface area contributed by atoms with E-state index < -0.39 is 17.9 Å². The second-order valence-corrected chi connectivity index (χ2v) is 6.45. The first-order chi connectivity index (χ1) is 10.5. The van der Waals surface area contributed by atoms with Crippen molar-refractivity contribution in [2.24, 2.45) is 0 Å². The number of nitrogens with zero attached hydrogens (tertiary/aromatic N) is 2. The minimum atomic E-state index is -5.06. The molecule has 1 saturated heterocycles. The lowest BCUT2D eigenvalue weighted by molar-refractivity contribution is -0.215. The summed E-state index contributed by atoms with van der Waals surface area (Å²) in [6.45, 7) is 2.48. The molecule has 1 aliphatic rings. The fraction of sp³-hybridized carbons (Fsp3) is 0.500. The van der Waals surface area contributed by atoms with E-state index in [9.17, 15) is 18.0 Å². The van der Waals surface area contributed by atoms with E-state index >= 15 is 0 Å². The van der Waals surface area contributed by atoms with Gasteiger partial charge < -0.3 is 9.64 Å². The Morgan fingerprint density at radius 3 is 2.30 bits per heavy atom. The molecule has 2 rings (SSSR count). The maximum absolute atomic E-state index is 12.6. The van der Waals surface area contributed by atoms with Gasteiger partial charge in [0.25, 0.3) is 0 Å². The molecular weight excluding hydrogens is 356 g/mol. The highest BCUT2D eigenvalue weighted by molar-refractivity contribution is 6.35. The predicted octanol–water partition coefficient (Wildman–Crippen LogP) is 3.57. The van der Waals surface area contributed by atoms with Crippen LogP contribution in [0.1, 0.15) is 6.92 Å². The molecule has 1 fully saturated rings. The maximum Gasteiger partial charge on any atom is 0.491 e. The summed E-state index contributed by atoms with van der Waals surface area (Å²) >= 11 is 11.9. The summed E-state index contributed by atoms with van der Waals surface area (Å²) in [5.41, 5.74) is -0.999. The van der Waals surface area contributed by atoms with Gasteiger partial charge >= 0.3 is 12.1 Å². The molecule has 0 saturated carbocycles. The van der Waals surface area contributed by atoms with Crippen LogP contribution in [0.3, 0.4) is 0 Å². The SMILES string of the molecule is CN1CCN(c2cc(Cl)cc(Cl)c2)[C@](C)(OC(=O)C(F)(F)F)C1. The van der Waals surface area contributed by atoms with E-state index in [1.807, 2.05) is 0 Å². The zero-order chi connectivity index (χ0) is 17.4. The molecule has 1 aliphatic heterocycles. The van der Waals surface area contributed by atoms with Crippen molar-refractivity contribution in [2.75, 3.05) is 31.6 Å². The first kappa shape index (κ1) is 18.2. The molecule has 0 unspecified atom stereocenters. The molecule has 23 heavy (non-hydrogen) atoms. The van der Waals surface area contributed by atoms with Gasteiger partial charge in [0.05, 0.1) is 6.54 Å². The van der Waals surface area contributed by atoms with Crippen LogP contribution in [0.2, 0.25) is 10.0 Å². The molecule has 0 aromatic heterocycles. The molecule has 1 aromatic rings. The molecule has 4 nitrogen and oxygen atoms in total. The van der Waals surface area contributed by atoms with Gasteiger partial charge in [-0.15, -0.1) is 0 Å². The number of piperazine rings is 1. The quantitative estimate of drug-likeness (QED) is 0.745. The average molecular weight is 371 g/mol. The molecule has 128 valence electrons. The van der Waals surface area contributed by atoms with Crippen molar-refractivity contribution in [1.29, 1.82) is 0 Å². The number of halogens is 5. The zero-order valence-electron chi connectivity index (χ0n) is 12.5. The molecule has 0 radical (unpaired) electrons. The van der Waals surface area contributed by atoms with Crippen LogP contribution < -0.4 is 4.90 Å². The number of benzene rings is 1. The summed E-state index contributed by atoms with van der Waals surface area (Å²) in [5, 5.41) is 0.687. The van der Waals surface area contributed by atoms with Crippen molar-refractivity contribution in [3.05, 3.63) is 28.2 Å². The van der Waals surface area contributed by atoms with Gasteiger partial charge in [-0.3, -0.25) is 4.90 Å². The van der Waals surface area contributed by atoms with Crippen LogP contribution in [-0.4, -0.2) is 49.5 Å². The van der Waals surface area contributed by atoms with Gasteiger partial charge in [-0.2, -0.15) is 13.2 Å². The van der Waals surface area contributed by atoms with E-state index in [-0.39, 0.29) is 6.54 Å². The number of anilines is 1. The number of carbonyl (C=O) groups is 1. The number of hydrogen-bond acceptors (Lipinski definition) is 4. The number of esters is 1. The minimum absolute atomic E-state index is 0.110. The third-order valence-electron chi connectivity index (χ3n) is 3.54. The molecule has 1 heterocycles. The molecule has 0 spiro atoms. The Hall–Kier alpha value is -1.18. The average Bonchev–Trinajstić information content (AvgIpc) is 2.35. The van der Waals surface area contributed by atoms with Gasteiger partial charge in [0.15, 0.2) is 5.72 Å². The van der Waals surface area contributed by atoms with Crippen LogP contribution in [0.5, 0.6) is 0 Å². The fourth-order valence-corrected chi connectivity index (χ4v) is 3.13. The van der Waals surface area contributed by atoms with E-state index in [0.29, 0.717) is 28.8 Å².